The quantitative estimate of drug-likeness (QED) is 0.780. The van der Waals surface area contributed by atoms with Crippen LogP contribution in [0.4, 0.5) is 5.13 Å². The predicted molar refractivity (Wildman–Crippen MR) is 109 cm³/mol. The van der Waals surface area contributed by atoms with E-state index in [0.29, 0.717) is 18.2 Å². The fourth-order valence-corrected chi connectivity index (χ4v) is 5.56. The topological polar surface area (TPSA) is 82.5 Å². The van der Waals surface area contributed by atoms with Crippen molar-refractivity contribution < 1.29 is 14.7 Å². The minimum Gasteiger partial charge on any atom is -0.481 e. The Morgan fingerprint density at radius 1 is 1.43 bits per heavy atom. The molecule has 1 aliphatic heterocycles. The third-order valence-electron chi connectivity index (χ3n) is 6.00. The number of thiazole rings is 1. The second kappa shape index (κ2) is 7.64. The Morgan fingerprint density at radius 2 is 2.29 bits per heavy atom. The third kappa shape index (κ3) is 3.82. The number of fused-ring (bicyclic) bond motifs is 1. The van der Waals surface area contributed by atoms with Gasteiger partial charge in [0.25, 0.3) is 0 Å². The molecule has 6 nitrogen and oxygen atoms in total. The van der Waals surface area contributed by atoms with Crippen molar-refractivity contribution in [2.75, 3.05) is 25.0 Å². The third-order valence-corrected chi connectivity index (χ3v) is 6.91. The van der Waals surface area contributed by atoms with E-state index in [9.17, 15) is 14.7 Å². The number of carboxylic acid groups (broad SMARTS) is 1. The van der Waals surface area contributed by atoms with Gasteiger partial charge in [0, 0.05) is 30.6 Å². The molecular weight excluding hydrogens is 374 g/mol. The molecule has 0 bridgehead atoms. The number of aryl methyl sites for hydroxylation is 1. The van der Waals surface area contributed by atoms with E-state index in [-0.39, 0.29) is 18.4 Å². The summed E-state index contributed by atoms with van der Waals surface area (Å²) in [7, 11) is 0. The highest BCUT2D eigenvalue weighted by Gasteiger charge is 2.54. The molecule has 2 N–H and O–H groups in total. The molecule has 2 atom stereocenters. The smallest absolute Gasteiger partial charge is 0.311 e. The lowest BCUT2D eigenvalue weighted by atomic mass is 9.81. The molecule has 1 aromatic carbocycles. The normalized spacial score (nSPS) is 24.2. The van der Waals surface area contributed by atoms with Crippen LogP contribution >= 0.6 is 11.3 Å². The number of carbonyl (C=O) groups excluding carboxylic acids is 1. The van der Waals surface area contributed by atoms with Gasteiger partial charge in [-0.05, 0) is 31.2 Å². The first-order valence-corrected chi connectivity index (χ1v) is 10.5. The lowest BCUT2D eigenvalue weighted by molar-refractivity contribution is -0.149. The van der Waals surface area contributed by atoms with E-state index in [0.717, 1.165) is 30.6 Å². The van der Waals surface area contributed by atoms with Crippen molar-refractivity contribution >= 4 is 28.3 Å². The van der Waals surface area contributed by atoms with Crippen LogP contribution in [-0.4, -0.2) is 46.5 Å². The number of aliphatic carboxylic acids is 1. The molecular formula is C21H25N3O3S. The molecule has 28 heavy (non-hydrogen) atoms. The van der Waals surface area contributed by atoms with Gasteiger partial charge in [0.1, 0.15) is 0 Å². The number of amides is 1. The highest BCUT2D eigenvalue weighted by molar-refractivity contribution is 7.15. The van der Waals surface area contributed by atoms with Crippen LogP contribution in [-0.2, 0) is 16.0 Å². The molecule has 148 valence electrons. The Kier molecular flexibility index (Phi) is 5.21. The minimum atomic E-state index is -0.710. The van der Waals surface area contributed by atoms with E-state index in [1.807, 2.05) is 17.2 Å². The number of anilines is 1. The molecule has 0 spiro atoms. The maximum Gasteiger partial charge on any atom is 0.311 e. The van der Waals surface area contributed by atoms with Crippen LogP contribution in [0.5, 0.6) is 0 Å². The molecule has 1 saturated heterocycles. The number of benzene rings is 1. The minimum absolute atomic E-state index is 0.128. The fourth-order valence-electron chi connectivity index (χ4n) is 4.70. The van der Waals surface area contributed by atoms with Gasteiger partial charge in [0.2, 0.25) is 5.91 Å². The first-order chi connectivity index (χ1) is 13.4. The Balaban J connectivity index is 1.32. The lowest BCUT2D eigenvalue weighted by Crippen LogP contribution is -2.37. The van der Waals surface area contributed by atoms with Crippen LogP contribution in [0, 0.1) is 18.3 Å². The summed E-state index contributed by atoms with van der Waals surface area (Å²) >= 11 is 1.49. The van der Waals surface area contributed by atoms with Crippen LogP contribution in [0.1, 0.15) is 35.3 Å². The van der Waals surface area contributed by atoms with Gasteiger partial charge in [0.15, 0.2) is 5.13 Å². The van der Waals surface area contributed by atoms with E-state index in [2.05, 4.69) is 35.4 Å². The fraction of sp³-hybridized carbons (Fsp3) is 0.476. The van der Waals surface area contributed by atoms with Crippen LogP contribution in [0.2, 0.25) is 0 Å². The molecule has 4 rings (SSSR count). The maximum absolute atomic E-state index is 12.4. The highest BCUT2D eigenvalue weighted by atomic mass is 32.1. The second-order valence-electron chi connectivity index (χ2n) is 8.07. The predicted octanol–water partition coefficient (Wildman–Crippen LogP) is 3.17. The van der Waals surface area contributed by atoms with Crippen molar-refractivity contribution in [2.24, 2.45) is 11.3 Å². The first-order valence-electron chi connectivity index (χ1n) is 9.70. The van der Waals surface area contributed by atoms with E-state index in [4.69, 9.17) is 0 Å². The van der Waals surface area contributed by atoms with Crippen LogP contribution in [0.3, 0.4) is 0 Å². The second-order valence-corrected chi connectivity index (χ2v) is 9.18. The molecule has 0 unspecified atom stereocenters. The average Bonchev–Trinajstić information content (AvgIpc) is 3.29. The summed E-state index contributed by atoms with van der Waals surface area (Å²) in [6, 6.07) is 8.36. The van der Waals surface area contributed by atoms with Gasteiger partial charge >= 0.3 is 5.97 Å². The molecule has 7 heteroatoms. The van der Waals surface area contributed by atoms with Crippen molar-refractivity contribution in [3.63, 3.8) is 0 Å². The molecule has 2 fully saturated rings. The van der Waals surface area contributed by atoms with Crippen LogP contribution in [0.15, 0.2) is 30.5 Å². The molecule has 0 radical (unpaired) electrons. The summed E-state index contributed by atoms with van der Waals surface area (Å²) in [6.45, 7) is 3.45. The van der Waals surface area contributed by atoms with Gasteiger partial charge in [-0.1, -0.05) is 36.2 Å². The summed E-state index contributed by atoms with van der Waals surface area (Å²) in [5, 5.41) is 13.1. The van der Waals surface area contributed by atoms with E-state index in [1.54, 1.807) is 0 Å². The zero-order valence-corrected chi connectivity index (χ0v) is 16.8. The van der Waals surface area contributed by atoms with Crippen LogP contribution in [0.25, 0.3) is 0 Å². The van der Waals surface area contributed by atoms with Crippen LogP contribution < -0.4 is 5.32 Å². The summed E-state index contributed by atoms with van der Waals surface area (Å²) in [6.07, 6.45) is 5.24. The van der Waals surface area contributed by atoms with Gasteiger partial charge < -0.3 is 10.4 Å². The van der Waals surface area contributed by atoms with E-state index in [1.165, 1.54) is 22.5 Å². The largest absolute Gasteiger partial charge is 0.481 e. The number of hydrogen-bond donors (Lipinski definition) is 2. The van der Waals surface area contributed by atoms with Crippen molar-refractivity contribution in [3.05, 3.63) is 46.5 Å². The zero-order valence-electron chi connectivity index (χ0n) is 16.0. The molecule has 1 saturated carbocycles. The van der Waals surface area contributed by atoms with Gasteiger partial charge in [0.05, 0.1) is 12.0 Å². The van der Waals surface area contributed by atoms with Gasteiger partial charge in [-0.2, -0.15) is 0 Å². The molecule has 2 aromatic rings. The van der Waals surface area contributed by atoms with Gasteiger partial charge in [-0.25, -0.2) is 4.98 Å². The summed E-state index contributed by atoms with van der Waals surface area (Å²) in [5.74, 6) is -0.672. The number of nitrogens with one attached hydrogen (secondary N) is 1. The Hall–Kier alpha value is -2.25. The van der Waals surface area contributed by atoms with E-state index >= 15 is 0 Å². The number of nitrogens with zero attached hydrogens (tertiary/aromatic N) is 2. The Bertz CT molecular complexity index is 897. The monoisotopic (exact) mass is 399 g/mol. The number of hydrogen-bond acceptors (Lipinski definition) is 5. The summed E-state index contributed by atoms with van der Waals surface area (Å²) in [4.78, 5) is 31.6. The van der Waals surface area contributed by atoms with Gasteiger partial charge in [-0.15, -0.1) is 11.3 Å². The van der Waals surface area contributed by atoms with Crippen molar-refractivity contribution in [1.82, 2.24) is 9.88 Å². The standard InChI is InChI=1S/C21H25N3O3S/c1-14-4-2-5-15(8-14)9-17-10-22-20(28-17)23-18(25)12-24-11-16-6-3-7-21(16,13-24)19(26)27/h2,4-5,8,10,16H,3,6-7,9,11-13H2,1H3,(H,26,27)(H,22,23,25)/t16-,21+/m0/s1. The number of carboxylic acids is 1. The zero-order chi connectivity index (χ0) is 19.7. The molecule has 2 aliphatic rings. The van der Waals surface area contributed by atoms with Crippen molar-refractivity contribution in [2.45, 2.75) is 32.6 Å². The number of rotatable bonds is 6. The number of aromatic nitrogens is 1. The maximum atomic E-state index is 12.4. The molecule has 2 heterocycles. The van der Waals surface area contributed by atoms with Crippen molar-refractivity contribution in [1.29, 1.82) is 0 Å². The Labute approximate surface area is 168 Å². The molecule has 1 aromatic heterocycles. The van der Waals surface area contributed by atoms with E-state index < -0.39 is 11.4 Å². The summed E-state index contributed by atoms with van der Waals surface area (Å²) in [5.41, 5.74) is 1.80. The SMILES string of the molecule is Cc1cccc(Cc2cnc(NC(=O)CN3C[C@@H]4CCC[C@@]4(C(=O)O)C3)s2)c1. The lowest BCUT2D eigenvalue weighted by Gasteiger charge is -2.23. The summed E-state index contributed by atoms with van der Waals surface area (Å²) < 4.78 is 0. The number of carbonyl (C=O) groups is 2. The number of likely N-dealkylation sites (tertiary alicyclic amines) is 1. The Morgan fingerprint density at radius 3 is 3.04 bits per heavy atom. The average molecular weight is 400 g/mol. The van der Waals surface area contributed by atoms with Crippen molar-refractivity contribution in [3.8, 4) is 0 Å². The first kappa shape index (κ1) is 19.1. The van der Waals surface area contributed by atoms with Gasteiger partial charge in [-0.3, -0.25) is 14.5 Å². The highest BCUT2D eigenvalue weighted by Crippen LogP contribution is 2.48. The molecule has 1 aliphatic carbocycles. The molecule has 1 amide bonds.